The van der Waals surface area contributed by atoms with E-state index in [0.717, 1.165) is 41.9 Å². The molecule has 0 aliphatic carbocycles. The van der Waals surface area contributed by atoms with Gasteiger partial charge in [-0.3, -0.25) is 4.79 Å². The van der Waals surface area contributed by atoms with Gasteiger partial charge >= 0.3 is 0 Å². The molecular formula is C21H23FN4O. The first-order valence-corrected chi connectivity index (χ1v) is 9.18. The van der Waals surface area contributed by atoms with Crippen molar-refractivity contribution in [1.82, 2.24) is 10.3 Å². The Hall–Kier alpha value is -2.86. The van der Waals surface area contributed by atoms with Crippen LogP contribution in [0.15, 0.2) is 42.5 Å². The van der Waals surface area contributed by atoms with Crippen LogP contribution in [0.3, 0.4) is 0 Å². The Kier molecular flexibility index (Phi) is 4.58. The monoisotopic (exact) mass is 366 g/mol. The third-order valence-electron chi connectivity index (χ3n) is 4.95. The first-order chi connectivity index (χ1) is 13.0. The summed E-state index contributed by atoms with van der Waals surface area (Å²) in [5.74, 6) is -0.955. The summed E-state index contributed by atoms with van der Waals surface area (Å²) in [5.41, 5.74) is 3.48. The second-order valence-electron chi connectivity index (χ2n) is 7.17. The number of anilines is 2. The molecule has 0 radical (unpaired) electrons. The van der Waals surface area contributed by atoms with Crippen LogP contribution in [0.1, 0.15) is 23.0 Å². The van der Waals surface area contributed by atoms with E-state index < -0.39 is 11.7 Å². The van der Waals surface area contributed by atoms with Crippen LogP contribution in [0.2, 0.25) is 0 Å². The standard InChI is InChI=1S/C21H23FN4O/c1-13-9-15-3-4-16(10-20(15)24-13)25-21(27)18-6-5-17(11-19(18)22)26-8-7-23-14(2)12-26/h3-6,9-11,14,23-24H,7-8,12H2,1-2H3,(H,25,27). The largest absolute Gasteiger partial charge is 0.369 e. The van der Waals surface area contributed by atoms with Gasteiger partial charge in [-0.1, -0.05) is 6.07 Å². The third kappa shape index (κ3) is 3.66. The lowest BCUT2D eigenvalue weighted by atomic mass is 10.1. The molecule has 27 heavy (non-hydrogen) atoms. The average Bonchev–Trinajstić information content (AvgIpc) is 3.00. The molecule has 0 spiro atoms. The van der Waals surface area contributed by atoms with Crippen molar-refractivity contribution in [2.75, 3.05) is 29.9 Å². The molecular weight excluding hydrogens is 343 g/mol. The number of piperazine rings is 1. The number of fused-ring (bicyclic) bond motifs is 1. The van der Waals surface area contributed by atoms with Crippen LogP contribution in [0.25, 0.3) is 10.9 Å². The predicted molar refractivity (Wildman–Crippen MR) is 107 cm³/mol. The second-order valence-corrected chi connectivity index (χ2v) is 7.17. The highest BCUT2D eigenvalue weighted by atomic mass is 19.1. The van der Waals surface area contributed by atoms with Gasteiger partial charge in [-0.2, -0.15) is 0 Å². The second kappa shape index (κ2) is 7.04. The molecule has 2 aromatic carbocycles. The topological polar surface area (TPSA) is 60.2 Å². The van der Waals surface area contributed by atoms with Crippen molar-refractivity contribution < 1.29 is 9.18 Å². The molecule has 5 nitrogen and oxygen atoms in total. The van der Waals surface area contributed by atoms with Gasteiger partial charge in [0.1, 0.15) is 5.82 Å². The predicted octanol–water partition coefficient (Wildman–Crippen LogP) is 3.67. The van der Waals surface area contributed by atoms with Crippen LogP contribution >= 0.6 is 0 Å². The Labute approximate surface area is 157 Å². The van der Waals surface area contributed by atoms with Crippen LogP contribution in [0, 0.1) is 12.7 Å². The number of carbonyl (C=O) groups excluding carboxylic acids is 1. The van der Waals surface area contributed by atoms with Crippen molar-refractivity contribution in [3.05, 3.63) is 59.5 Å². The van der Waals surface area contributed by atoms with Gasteiger partial charge in [0.05, 0.1) is 5.56 Å². The van der Waals surface area contributed by atoms with Gasteiger partial charge in [-0.05, 0) is 55.6 Å². The molecule has 1 amide bonds. The van der Waals surface area contributed by atoms with Gasteiger partial charge in [0.2, 0.25) is 0 Å². The van der Waals surface area contributed by atoms with Crippen LogP contribution in [0.5, 0.6) is 0 Å². The Balaban J connectivity index is 1.52. The number of aromatic nitrogens is 1. The van der Waals surface area contributed by atoms with E-state index in [1.54, 1.807) is 6.07 Å². The summed E-state index contributed by atoms with van der Waals surface area (Å²) in [5, 5.41) is 7.22. The lowest BCUT2D eigenvalue weighted by Gasteiger charge is -2.33. The first-order valence-electron chi connectivity index (χ1n) is 9.18. The summed E-state index contributed by atoms with van der Waals surface area (Å²) in [4.78, 5) is 17.9. The molecule has 1 unspecified atom stereocenters. The Morgan fingerprint density at radius 2 is 2.07 bits per heavy atom. The van der Waals surface area contributed by atoms with Crippen LogP contribution in [-0.4, -0.2) is 36.6 Å². The quantitative estimate of drug-likeness (QED) is 0.663. The molecule has 2 heterocycles. The first kappa shape index (κ1) is 17.5. The highest BCUT2D eigenvalue weighted by Gasteiger charge is 2.19. The summed E-state index contributed by atoms with van der Waals surface area (Å²) in [6, 6.07) is 12.8. The average molecular weight is 366 g/mol. The number of carbonyl (C=O) groups is 1. The van der Waals surface area contributed by atoms with E-state index >= 15 is 0 Å². The third-order valence-corrected chi connectivity index (χ3v) is 4.95. The summed E-state index contributed by atoms with van der Waals surface area (Å²) in [7, 11) is 0. The molecule has 1 aromatic heterocycles. The minimum Gasteiger partial charge on any atom is -0.369 e. The van der Waals surface area contributed by atoms with Gasteiger partial charge < -0.3 is 20.5 Å². The molecule has 1 atom stereocenters. The van der Waals surface area contributed by atoms with E-state index in [1.165, 1.54) is 6.07 Å². The zero-order chi connectivity index (χ0) is 19.0. The molecule has 6 heteroatoms. The van der Waals surface area contributed by atoms with E-state index in [4.69, 9.17) is 0 Å². The number of aryl methyl sites for hydroxylation is 1. The summed E-state index contributed by atoms with van der Waals surface area (Å²) in [6.07, 6.45) is 0. The number of nitrogens with zero attached hydrogens (tertiary/aromatic N) is 1. The fourth-order valence-electron chi connectivity index (χ4n) is 3.60. The number of hydrogen-bond donors (Lipinski definition) is 3. The van der Waals surface area contributed by atoms with Crippen LogP contribution in [-0.2, 0) is 0 Å². The fraction of sp³-hybridized carbons (Fsp3) is 0.286. The molecule has 3 N–H and O–H groups in total. The smallest absolute Gasteiger partial charge is 0.258 e. The number of halogens is 1. The highest BCUT2D eigenvalue weighted by Crippen LogP contribution is 2.23. The molecule has 1 aliphatic heterocycles. The van der Waals surface area contributed by atoms with Crippen molar-refractivity contribution in [3.63, 3.8) is 0 Å². The van der Waals surface area contributed by atoms with Crippen molar-refractivity contribution in [1.29, 1.82) is 0 Å². The maximum Gasteiger partial charge on any atom is 0.258 e. The molecule has 3 aromatic rings. The lowest BCUT2D eigenvalue weighted by Crippen LogP contribution is -2.49. The van der Waals surface area contributed by atoms with E-state index in [-0.39, 0.29) is 5.56 Å². The van der Waals surface area contributed by atoms with Gasteiger partial charge in [-0.25, -0.2) is 4.39 Å². The zero-order valence-corrected chi connectivity index (χ0v) is 15.5. The summed E-state index contributed by atoms with van der Waals surface area (Å²) >= 11 is 0. The Bertz CT molecular complexity index is 997. The summed E-state index contributed by atoms with van der Waals surface area (Å²) in [6.45, 7) is 6.60. The highest BCUT2D eigenvalue weighted by molar-refractivity contribution is 6.05. The van der Waals surface area contributed by atoms with Gasteiger partial charge in [0.25, 0.3) is 5.91 Å². The van der Waals surface area contributed by atoms with Gasteiger partial charge in [-0.15, -0.1) is 0 Å². The van der Waals surface area contributed by atoms with E-state index in [0.29, 0.717) is 11.7 Å². The molecule has 1 fully saturated rings. The molecule has 1 saturated heterocycles. The number of nitrogens with one attached hydrogen (secondary N) is 3. The maximum absolute atomic E-state index is 14.6. The van der Waals surface area contributed by atoms with E-state index in [2.05, 4.69) is 27.4 Å². The SMILES string of the molecule is Cc1cc2ccc(NC(=O)c3ccc(N4CCNC(C)C4)cc3F)cc2[nH]1. The lowest BCUT2D eigenvalue weighted by molar-refractivity contribution is 0.102. The van der Waals surface area contributed by atoms with Gasteiger partial charge in [0.15, 0.2) is 0 Å². The molecule has 1 aliphatic rings. The van der Waals surface area contributed by atoms with E-state index in [1.807, 2.05) is 37.3 Å². The van der Waals surface area contributed by atoms with Crippen molar-refractivity contribution >= 4 is 28.2 Å². The van der Waals surface area contributed by atoms with Crippen LogP contribution in [0.4, 0.5) is 15.8 Å². The molecule has 0 saturated carbocycles. The molecule has 140 valence electrons. The van der Waals surface area contributed by atoms with Crippen molar-refractivity contribution in [2.24, 2.45) is 0 Å². The van der Waals surface area contributed by atoms with Crippen molar-refractivity contribution in [2.45, 2.75) is 19.9 Å². The Morgan fingerprint density at radius 1 is 1.22 bits per heavy atom. The molecule has 4 rings (SSSR count). The number of rotatable bonds is 3. The number of amides is 1. The summed E-state index contributed by atoms with van der Waals surface area (Å²) < 4.78 is 14.6. The maximum atomic E-state index is 14.6. The normalized spacial score (nSPS) is 17.3. The zero-order valence-electron chi connectivity index (χ0n) is 15.5. The number of hydrogen-bond acceptors (Lipinski definition) is 3. The van der Waals surface area contributed by atoms with Crippen LogP contribution < -0.4 is 15.5 Å². The minimum atomic E-state index is -0.506. The van der Waals surface area contributed by atoms with Gasteiger partial charge in [0, 0.05) is 48.3 Å². The number of aromatic amines is 1. The number of benzene rings is 2. The fourth-order valence-corrected chi connectivity index (χ4v) is 3.60. The van der Waals surface area contributed by atoms with E-state index in [9.17, 15) is 9.18 Å². The van der Waals surface area contributed by atoms with Crippen molar-refractivity contribution in [3.8, 4) is 0 Å². The molecule has 0 bridgehead atoms. The Morgan fingerprint density at radius 3 is 2.85 bits per heavy atom. The number of H-pyrrole nitrogens is 1. The minimum absolute atomic E-state index is 0.0460.